The van der Waals surface area contributed by atoms with Crippen LogP contribution in [0.15, 0.2) is 61.2 Å². The van der Waals surface area contributed by atoms with E-state index in [0.717, 1.165) is 24.7 Å². The quantitative estimate of drug-likeness (QED) is 0.268. The van der Waals surface area contributed by atoms with Crippen LogP contribution < -0.4 is 9.47 Å². The van der Waals surface area contributed by atoms with Gasteiger partial charge in [-0.1, -0.05) is 6.07 Å². The van der Waals surface area contributed by atoms with Gasteiger partial charge in [0.15, 0.2) is 0 Å². The molecule has 0 unspecified atom stereocenters. The van der Waals surface area contributed by atoms with Crippen LogP contribution in [0.2, 0.25) is 0 Å². The zero-order chi connectivity index (χ0) is 23.1. The number of alkyl halides is 5. The molecule has 0 spiro atoms. The zero-order valence-electron chi connectivity index (χ0n) is 15.9. The van der Waals surface area contributed by atoms with Crippen molar-refractivity contribution in [2.24, 2.45) is 0 Å². The molecule has 4 heterocycles. The molecule has 0 bridgehead atoms. The van der Waals surface area contributed by atoms with E-state index in [2.05, 4.69) is 9.97 Å². The van der Waals surface area contributed by atoms with Gasteiger partial charge in [0.2, 0.25) is 17.4 Å². The molecule has 1 N–H and O–H groups in total. The average Bonchev–Trinajstić information content (AvgIpc) is 3.09. The minimum absolute atomic E-state index is 0.0160. The summed E-state index contributed by atoms with van der Waals surface area (Å²) in [6.07, 6.45) is -1.11. The monoisotopic (exact) mass is 455 g/mol. The smallest absolute Gasteiger partial charge is 0.432 e. The van der Waals surface area contributed by atoms with Crippen molar-refractivity contribution in [3.8, 4) is 23.0 Å². The van der Waals surface area contributed by atoms with Crippen molar-refractivity contribution in [1.29, 1.82) is 0 Å². The first-order chi connectivity index (χ1) is 15.0. The SMILES string of the molecule is O[n+]1cc(Oc2ccccn2)cc(F)c1-c1cc2ccn(CC(F)(F)C(F)(F)F)c2cn1. The Morgan fingerprint density at radius 1 is 1.06 bits per heavy atom. The fraction of sp³-hybridized carbons (Fsp3) is 0.150. The molecule has 166 valence electrons. The third kappa shape index (κ3) is 4.03. The Morgan fingerprint density at radius 3 is 2.50 bits per heavy atom. The number of halogens is 6. The van der Waals surface area contributed by atoms with Crippen molar-refractivity contribution in [3.63, 3.8) is 0 Å². The highest BCUT2D eigenvalue weighted by Gasteiger charge is 2.57. The molecule has 12 heteroatoms. The second-order valence-corrected chi connectivity index (χ2v) is 6.76. The van der Waals surface area contributed by atoms with E-state index in [1.165, 1.54) is 24.4 Å². The summed E-state index contributed by atoms with van der Waals surface area (Å²) in [7, 11) is 0. The van der Waals surface area contributed by atoms with Crippen LogP contribution in [0.3, 0.4) is 0 Å². The average molecular weight is 455 g/mol. The maximum Gasteiger partial charge on any atom is 0.455 e. The number of ether oxygens (including phenoxy) is 1. The molecule has 4 aromatic rings. The first-order valence-corrected chi connectivity index (χ1v) is 8.98. The summed E-state index contributed by atoms with van der Waals surface area (Å²) in [4.78, 5) is 7.83. The Morgan fingerprint density at radius 2 is 1.84 bits per heavy atom. The summed E-state index contributed by atoms with van der Waals surface area (Å²) >= 11 is 0. The van der Waals surface area contributed by atoms with Gasteiger partial charge in [0, 0.05) is 34.6 Å². The summed E-state index contributed by atoms with van der Waals surface area (Å²) < 4.78 is 85.5. The predicted molar refractivity (Wildman–Crippen MR) is 97.8 cm³/mol. The third-order valence-electron chi connectivity index (χ3n) is 4.52. The molecular weight excluding hydrogens is 442 g/mol. The van der Waals surface area contributed by atoms with E-state index in [9.17, 15) is 31.5 Å². The van der Waals surface area contributed by atoms with Gasteiger partial charge < -0.3 is 9.30 Å². The molecule has 0 atom stereocenters. The van der Waals surface area contributed by atoms with E-state index >= 15 is 0 Å². The van der Waals surface area contributed by atoms with Gasteiger partial charge in [-0.05, 0) is 18.2 Å². The lowest BCUT2D eigenvalue weighted by Gasteiger charge is -2.20. The molecule has 32 heavy (non-hydrogen) atoms. The van der Waals surface area contributed by atoms with Gasteiger partial charge in [-0.25, -0.2) is 9.97 Å². The molecule has 0 saturated carbocycles. The number of nitrogens with zero attached hydrogens (tertiary/aromatic N) is 4. The van der Waals surface area contributed by atoms with Gasteiger partial charge >= 0.3 is 17.8 Å². The highest BCUT2D eigenvalue weighted by molar-refractivity contribution is 5.82. The fourth-order valence-corrected chi connectivity index (χ4v) is 3.01. The second-order valence-electron chi connectivity index (χ2n) is 6.76. The van der Waals surface area contributed by atoms with Gasteiger partial charge in [0.1, 0.15) is 5.69 Å². The zero-order valence-corrected chi connectivity index (χ0v) is 15.9. The molecule has 0 aromatic carbocycles. The number of hydrogen-bond acceptors (Lipinski definition) is 4. The van der Waals surface area contributed by atoms with E-state index in [1.54, 1.807) is 12.1 Å². The van der Waals surface area contributed by atoms with Crippen molar-refractivity contribution in [2.75, 3.05) is 0 Å². The highest BCUT2D eigenvalue weighted by atomic mass is 19.4. The van der Waals surface area contributed by atoms with Crippen LogP contribution in [-0.2, 0) is 6.54 Å². The molecule has 4 aromatic heterocycles. The molecule has 0 fully saturated rings. The summed E-state index contributed by atoms with van der Waals surface area (Å²) in [5.41, 5.74) is -0.464. The molecule has 0 saturated heterocycles. The second kappa shape index (κ2) is 7.70. The Hall–Kier alpha value is -3.83. The number of aromatic nitrogens is 4. The summed E-state index contributed by atoms with van der Waals surface area (Å²) in [6, 6.07) is 8.35. The molecular formula is C20H13F6N4O2+. The van der Waals surface area contributed by atoms with Crippen molar-refractivity contribution < 1.29 is 41.0 Å². The predicted octanol–water partition coefficient (Wildman–Crippen LogP) is 4.75. The van der Waals surface area contributed by atoms with Crippen LogP contribution in [0.4, 0.5) is 26.3 Å². The lowest BCUT2D eigenvalue weighted by Crippen LogP contribution is -2.40. The molecule has 6 nitrogen and oxygen atoms in total. The number of hydrogen-bond donors (Lipinski definition) is 1. The lowest BCUT2D eigenvalue weighted by molar-refractivity contribution is -0.897. The first-order valence-electron chi connectivity index (χ1n) is 8.98. The van der Waals surface area contributed by atoms with E-state index in [4.69, 9.17) is 4.74 Å². The van der Waals surface area contributed by atoms with Crippen molar-refractivity contribution in [1.82, 2.24) is 14.5 Å². The number of pyridine rings is 3. The maximum absolute atomic E-state index is 14.7. The number of rotatable bonds is 5. The molecule has 0 aliphatic carbocycles. The van der Waals surface area contributed by atoms with Crippen molar-refractivity contribution >= 4 is 10.9 Å². The van der Waals surface area contributed by atoms with Gasteiger partial charge in [0.05, 0.1) is 18.3 Å². The van der Waals surface area contributed by atoms with Crippen LogP contribution >= 0.6 is 0 Å². The van der Waals surface area contributed by atoms with Crippen LogP contribution in [0.1, 0.15) is 0 Å². The number of fused-ring (bicyclic) bond motifs is 1. The van der Waals surface area contributed by atoms with Crippen LogP contribution in [0.25, 0.3) is 22.3 Å². The normalized spacial score (nSPS) is 12.3. The van der Waals surface area contributed by atoms with Gasteiger partial charge in [-0.15, -0.1) is 0 Å². The standard InChI is InChI=1S/C20H13F6N4O2/c21-14-8-13(32-17-3-1-2-5-27-17)10-30(31)18(14)15-7-12-4-6-29(16(12)9-28-15)11-19(22,23)20(24,25)26/h1-10,31H,11H2/q+1. The van der Waals surface area contributed by atoms with Crippen LogP contribution in [0, 0.1) is 5.82 Å². The van der Waals surface area contributed by atoms with Crippen molar-refractivity contribution in [2.45, 2.75) is 18.6 Å². The lowest BCUT2D eigenvalue weighted by atomic mass is 10.2. The van der Waals surface area contributed by atoms with Gasteiger partial charge in [-0.2, -0.15) is 26.3 Å². The van der Waals surface area contributed by atoms with Gasteiger partial charge in [0.25, 0.3) is 6.20 Å². The van der Waals surface area contributed by atoms with E-state index in [1.807, 2.05) is 0 Å². The molecule has 0 amide bonds. The molecule has 0 aliphatic rings. The van der Waals surface area contributed by atoms with Crippen LogP contribution in [-0.4, -0.2) is 31.8 Å². The Labute approximate surface area is 175 Å². The van der Waals surface area contributed by atoms with E-state index in [-0.39, 0.29) is 33.9 Å². The highest BCUT2D eigenvalue weighted by Crippen LogP contribution is 2.37. The largest absolute Gasteiger partial charge is 0.455 e. The molecule has 0 aliphatic heterocycles. The Balaban J connectivity index is 1.66. The van der Waals surface area contributed by atoms with Crippen molar-refractivity contribution in [3.05, 3.63) is 67.0 Å². The van der Waals surface area contributed by atoms with E-state index in [0.29, 0.717) is 9.30 Å². The molecule has 4 rings (SSSR count). The minimum atomic E-state index is -5.71. The van der Waals surface area contributed by atoms with E-state index < -0.39 is 24.5 Å². The third-order valence-corrected chi connectivity index (χ3v) is 4.52. The summed E-state index contributed by atoms with van der Waals surface area (Å²) in [5, 5.41) is 10.5. The Kier molecular flexibility index (Phi) is 5.15. The Bertz CT molecular complexity index is 1250. The fourth-order valence-electron chi connectivity index (χ4n) is 3.01. The van der Waals surface area contributed by atoms with Crippen LogP contribution in [0.5, 0.6) is 11.6 Å². The topological polar surface area (TPSA) is 64.1 Å². The minimum Gasteiger partial charge on any atom is -0.432 e. The maximum atomic E-state index is 14.7. The summed E-state index contributed by atoms with van der Waals surface area (Å²) in [6.45, 7) is -1.63. The molecule has 0 radical (unpaired) electrons. The van der Waals surface area contributed by atoms with Gasteiger partial charge in [-0.3, -0.25) is 5.21 Å². The summed E-state index contributed by atoms with van der Waals surface area (Å²) in [5.74, 6) is -5.76. The first kappa shape index (κ1) is 21.4.